The van der Waals surface area contributed by atoms with E-state index in [9.17, 15) is 0 Å². The topological polar surface area (TPSA) is 3.24 Å². The first kappa shape index (κ1) is 11.6. The highest BCUT2D eigenvalue weighted by molar-refractivity contribution is 8.29. The Morgan fingerprint density at radius 2 is 2.09 bits per heavy atom. The molecule has 0 aliphatic heterocycles. The Balaban J connectivity index is 3.18. The fourth-order valence-electron chi connectivity index (χ4n) is 0.424. The van der Waals surface area contributed by atoms with Gasteiger partial charge in [-0.3, -0.25) is 0 Å². The van der Waals surface area contributed by atoms with Gasteiger partial charge >= 0.3 is 0 Å². The van der Waals surface area contributed by atoms with Crippen molar-refractivity contribution in [2.45, 2.75) is 13.3 Å². The van der Waals surface area contributed by atoms with Crippen molar-refractivity contribution in [2.75, 3.05) is 24.9 Å². The molecule has 0 amide bonds. The highest BCUT2D eigenvalue weighted by atomic mass is 32.2. The number of thioether (sulfide) groups is 2. The standard InChI is InChI=1S/C7H15NS3/c1-4-5-10-6-11-7(9)8(2)3/h4-6H2,1-3H3. The van der Waals surface area contributed by atoms with Crippen molar-refractivity contribution < 1.29 is 0 Å². The van der Waals surface area contributed by atoms with Gasteiger partial charge in [-0.15, -0.1) is 0 Å². The molecular weight excluding hydrogens is 194 g/mol. The molecule has 0 saturated carbocycles. The van der Waals surface area contributed by atoms with Crippen LogP contribution in [0.2, 0.25) is 0 Å². The summed E-state index contributed by atoms with van der Waals surface area (Å²) in [6, 6.07) is 0. The molecule has 0 N–H and O–H groups in total. The van der Waals surface area contributed by atoms with Crippen LogP contribution in [0.25, 0.3) is 0 Å². The first-order chi connectivity index (χ1) is 5.18. The molecule has 1 nitrogen and oxygen atoms in total. The molecule has 0 aliphatic carbocycles. The van der Waals surface area contributed by atoms with Gasteiger partial charge in [0, 0.05) is 19.2 Å². The summed E-state index contributed by atoms with van der Waals surface area (Å²) >= 11 is 8.80. The van der Waals surface area contributed by atoms with Gasteiger partial charge in [-0.1, -0.05) is 30.9 Å². The SMILES string of the molecule is CCCSCSC(=S)N(C)C. The molecule has 0 heterocycles. The van der Waals surface area contributed by atoms with Crippen LogP contribution in [0.15, 0.2) is 0 Å². The Bertz CT molecular complexity index is 114. The highest BCUT2D eigenvalue weighted by Crippen LogP contribution is 2.15. The lowest BCUT2D eigenvalue weighted by atomic mass is 10.6. The van der Waals surface area contributed by atoms with E-state index in [2.05, 4.69) is 6.92 Å². The summed E-state index contributed by atoms with van der Waals surface area (Å²) in [5.41, 5.74) is 0. The average Bonchev–Trinajstić information content (AvgIpc) is 1.97. The Kier molecular flexibility index (Phi) is 7.64. The molecule has 11 heavy (non-hydrogen) atoms. The zero-order valence-corrected chi connectivity index (χ0v) is 9.74. The lowest BCUT2D eigenvalue weighted by molar-refractivity contribution is 0.648. The van der Waals surface area contributed by atoms with Crippen LogP contribution in [-0.4, -0.2) is 34.2 Å². The van der Waals surface area contributed by atoms with Crippen LogP contribution in [0.1, 0.15) is 13.3 Å². The number of rotatable bonds is 4. The van der Waals surface area contributed by atoms with Gasteiger partial charge in [0.25, 0.3) is 0 Å². The van der Waals surface area contributed by atoms with Crippen molar-refractivity contribution in [3.05, 3.63) is 0 Å². The molecule has 0 spiro atoms. The second-order valence-corrected chi connectivity index (χ2v) is 5.41. The molecule has 0 atom stereocenters. The summed E-state index contributed by atoms with van der Waals surface area (Å²) < 4.78 is 0.980. The minimum Gasteiger partial charge on any atom is -0.364 e. The van der Waals surface area contributed by atoms with Gasteiger partial charge < -0.3 is 4.90 Å². The van der Waals surface area contributed by atoms with Crippen molar-refractivity contribution in [1.29, 1.82) is 0 Å². The molecule has 66 valence electrons. The number of hydrogen-bond acceptors (Lipinski definition) is 3. The maximum atomic E-state index is 5.10. The molecule has 0 unspecified atom stereocenters. The maximum Gasteiger partial charge on any atom is 0.136 e. The van der Waals surface area contributed by atoms with E-state index in [-0.39, 0.29) is 0 Å². The Morgan fingerprint density at radius 3 is 2.55 bits per heavy atom. The number of nitrogens with zero attached hydrogens (tertiary/aromatic N) is 1. The van der Waals surface area contributed by atoms with E-state index in [0.29, 0.717) is 0 Å². The molecule has 0 aromatic rings. The maximum absolute atomic E-state index is 5.10. The van der Waals surface area contributed by atoms with Crippen LogP contribution < -0.4 is 0 Å². The largest absolute Gasteiger partial charge is 0.364 e. The summed E-state index contributed by atoms with van der Waals surface area (Å²) in [6.45, 7) is 2.20. The minimum atomic E-state index is 0.980. The van der Waals surface area contributed by atoms with Crippen LogP contribution in [0.4, 0.5) is 0 Å². The molecule has 0 bridgehead atoms. The average molecular weight is 209 g/mol. The van der Waals surface area contributed by atoms with Gasteiger partial charge in [-0.05, 0) is 12.2 Å². The third-order valence-electron chi connectivity index (χ3n) is 0.979. The molecule has 0 rings (SSSR count). The Hall–Kier alpha value is 0.590. The van der Waals surface area contributed by atoms with Crippen LogP contribution in [-0.2, 0) is 0 Å². The fourth-order valence-corrected chi connectivity index (χ4v) is 2.61. The fraction of sp³-hybridized carbons (Fsp3) is 0.857. The molecule has 0 aliphatic rings. The third kappa shape index (κ3) is 6.97. The van der Waals surface area contributed by atoms with Crippen molar-refractivity contribution in [3.8, 4) is 0 Å². The van der Waals surface area contributed by atoms with Crippen LogP contribution in [0.5, 0.6) is 0 Å². The van der Waals surface area contributed by atoms with Gasteiger partial charge in [0.2, 0.25) is 0 Å². The molecule has 4 heteroatoms. The van der Waals surface area contributed by atoms with E-state index in [4.69, 9.17) is 12.2 Å². The van der Waals surface area contributed by atoms with Gasteiger partial charge in [0.15, 0.2) is 0 Å². The Labute approximate surface area is 83.3 Å². The van der Waals surface area contributed by atoms with Gasteiger partial charge in [-0.25, -0.2) is 0 Å². The van der Waals surface area contributed by atoms with Gasteiger partial charge in [-0.2, -0.15) is 11.8 Å². The lowest BCUT2D eigenvalue weighted by Gasteiger charge is -2.11. The molecule has 0 saturated heterocycles. The lowest BCUT2D eigenvalue weighted by Crippen LogP contribution is -2.16. The van der Waals surface area contributed by atoms with Crippen molar-refractivity contribution in [2.24, 2.45) is 0 Å². The van der Waals surface area contributed by atoms with Crippen LogP contribution in [0.3, 0.4) is 0 Å². The van der Waals surface area contributed by atoms with E-state index in [1.165, 1.54) is 12.2 Å². The number of thiocarbonyl (C=S) groups is 1. The summed E-state index contributed by atoms with van der Waals surface area (Å²) in [5.74, 6) is 1.24. The zero-order valence-electron chi connectivity index (χ0n) is 7.29. The second kappa shape index (κ2) is 7.25. The van der Waals surface area contributed by atoms with E-state index in [0.717, 1.165) is 9.41 Å². The second-order valence-electron chi connectivity index (χ2n) is 2.33. The predicted molar refractivity (Wildman–Crippen MR) is 61.5 cm³/mol. The zero-order chi connectivity index (χ0) is 8.69. The van der Waals surface area contributed by atoms with Crippen molar-refractivity contribution in [1.82, 2.24) is 4.90 Å². The highest BCUT2D eigenvalue weighted by Gasteiger charge is 1.97. The third-order valence-corrected chi connectivity index (χ3v) is 4.15. The van der Waals surface area contributed by atoms with Crippen LogP contribution in [0, 0.1) is 0 Å². The summed E-state index contributed by atoms with van der Waals surface area (Å²) in [7, 11) is 3.97. The van der Waals surface area contributed by atoms with E-state index in [1.807, 2.05) is 30.8 Å². The Morgan fingerprint density at radius 1 is 1.45 bits per heavy atom. The van der Waals surface area contributed by atoms with E-state index in [1.54, 1.807) is 11.8 Å². The normalized spacial score (nSPS) is 9.73. The first-order valence-corrected chi connectivity index (χ1v) is 6.15. The molecule has 0 radical (unpaired) electrons. The molecule has 0 aromatic carbocycles. The van der Waals surface area contributed by atoms with Crippen molar-refractivity contribution in [3.63, 3.8) is 0 Å². The minimum absolute atomic E-state index is 0.980. The molecular formula is C7H15NS3. The van der Waals surface area contributed by atoms with Crippen LogP contribution >= 0.6 is 35.7 Å². The smallest absolute Gasteiger partial charge is 0.136 e. The summed E-state index contributed by atoms with van der Waals surface area (Å²) in [6.07, 6.45) is 1.25. The van der Waals surface area contributed by atoms with Gasteiger partial charge in [0.05, 0.1) is 0 Å². The van der Waals surface area contributed by atoms with E-state index >= 15 is 0 Å². The summed E-state index contributed by atoms with van der Waals surface area (Å²) in [4.78, 5) is 1.98. The molecule has 0 aromatic heterocycles. The first-order valence-electron chi connectivity index (χ1n) is 3.60. The predicted octanol–water partition coefficient (Wildman–Crippen LogP) is 2.67. The monoisotopic (exact) mass is 209 g/mol. The molecule has 0 fully saturated rings. The van der Waals surface area contributed by atoms with E-state index < -0.39 is 0 Å². The quantitative estimate of drug-likeness (QED) is 0.398. The number of hydrogen-bond donors (Lipinski definition) is 0. The van der Waals surface area contributed by atoms with Gasteiger partial charge in [0.1, 0.15) is 4.32 Å². The summed E-state index contributed by atoms with van der Waals surface area (Å²) in [5, 5.41) is 1.09. The van der Waals surface area contributed by atoms with Crippen molar-refractivity contribution >= 4 is 40.1 Å².